The van der Waals surface area contributed by atoms with Crippen molar-refractivity contribution in [3.05, 3.63) is 23.0 Å². The van der Waals surface area contributed by atoms with Crippen molar-refractivity contribution < 1.29 is 0 Å². The minimum absolute atomic E-state index is 0.584. The Kier molecular flexibility index (Phi) is 2.40. The van der Waals surface area contributed by atoms with E-state index >= 15 is 0 Å². The average molecular weight is 197 g/mol. The number of aromatic nitrogens is 1. The maximum Gasteiger partial charge on any atom is 0.152 e. The van der Waals surface area contributed by atoms with Gasteiger partial charge in [-0.15, -0.1) is 0 Å². The van der Waals surface area contributed by atoms with Crippen LogP contribution in [0.25, 0.3) is 0 Å². The van der Waals surface area contributed by atoms with Crippen LogP contribution < -0.4 is 5.32 Å². The van der Waals surface area contributed by atoms with E-state index in [0.717, 1.165) is 18.2 Å². The van der Waals surface area contributed by atoms with Gasteiger partial charge in [0.25, 0.3) is 0 Å². The first-order chi connectivity index (χ1) is 6.27. The van der Waals surface area contributed by atoms with Crippen molar-refractivity contribution in [2.45, 2.75) is 19.8 Å². The Morgan fingerprint density at radius 1 is 1.62 bits per heavy atom. The Bertz CT molecular complexity index is 288. The molecule has 1 N–H and O–H groups in total. The molecule has 1 aliphatic carbocycles. The summed E-state index contributed by atoms with van der Waals surface area (Å²) in [7, 11) is 0. The van der Waals surface area contributed by atoms with Crippen LogP contribution in [0.2, 0.25) is 5.15 Å². The standard InChI is InChI=1S/C10H13ClN2/c1-7-4-5-12-10(11)9(7)13-6-8-2-3-8/h4-5,8,13H,2-3,6H2,1H3. The normalized spacial score (nSPS) is 15.8. The fraction of sp³-hybridized carbons (Fsp3) is 0.500. The number of anilines is 1. The lowest BCUT2D eigenvalue weighted by Gasteiger charge is -2.09. The first-order valence-electron chi connectivity index (χ1n) is 4.62. The monoisotopic (exact) mass is 196 g/mol. The minimum atomic E-state index is 0.584. The molecule has 0 radical (unpaired) electrons. The van der Waals surface area contributed by atoms with Gasteiger partial charge in [-0.25, -0.2) is 4.98 Å². The molecule has 3 heteroatoms. The second-order valence-electron chi connectivity index (χ2n) is 3.62. The van der Waals surface area contributed by atoms with E-state index in [-0.39, 0.29) is 0 Å². The number of nitrogens with one attached hydrogen (secondary N) is 1. The van der Waals surface area contributed by atoms with Gasteiger partial charge in [0.2, 0.25) is 0 Å². The van der Waals surface area contributed by atoms with E-state index in [9.17, 15) is 0 Å². The molecular weight excluding hydrogens is 184 g/mol. The predicted octanol–water partition coefficient (Wildman–Crippen LogP) is 2.87. The molecule has 0 atom stereocenters. The van der Waals surface area contributed by atoms with Crippen LogP contribution in [0, 0.1) is 12.8 Å². The Morgan fingerprint density at radius 3 is 3.00 bits per heavy atom. The number of hydrogen-bond donors (Lipinski definition) is 1. The molecule has 0 bridgehead atoms. The van der Waals surface area contributed by atoms with Gasteiger partial charge in [-0.1, -0.05) is 11.6 Å². The van der Waals surface area contributed by atoms with Gasteiger partial charge in [0, 0.05) is 12.7 Å². The fourth-order valence-corrected chi connectivity index (χ4v) is 1.58. The second-order valence-corrected chi connectivity index (χ2v) is 3.98. The van der Waals surface area contributed by atoms with Gasteiger partial charge >= 0.3 is 0 Å². The molecule has 1 aromatic heterocycles. The summed E-state index contributed by atoms with van der Waals surface area (Å²) in [6.07, 6.45) is 4.44. The summed E-state index contributed by atoms with van der Waals surface area (Å²) in [5.41, 5.74) is 2.16. The third kappa shape index (κ3) is 2.13. The lowest BCUT2D eigenvalue weighted by Crippen LogP contribution is -2.05. The van der Waals surface area contributed by atoms with Crippen LogP contribution in [0.3, 0.4) is 0 Å². The number of aryl methyl sites for hydroxylation is 1. The van der Waals surface area contributed by atoms with Gasteiger partial charge in [0.1, 0.15) is 0 Å². The zero-order valence-corrected chi connectivity index (χ0v) is 8.43. The van der Waals surface area contributed by atoms with Crippen LogP contribution in [-0.4, -0.2) is 11.5 Å². The van der Waals surface area contributed by atoms with Gasteiger partial charge in [0.15, 0.2) is 5.15 Å². The van der Waals surface area contributed by atoms with Crippen LogP contribution in [0.1, 0.15) is 18.4 Å². The van der Waals surface area contributed by atoms with E-state index in [1.165, 1.54) is 18.4 Å². The van der Waals surface area contributed by atoms with Crippen molar-refractivity contribution in [3.63, 3.8) is 0 Å². The van der Waals surface area contributed by atoms with E-state index < -0.39 is 0 Å². The lowest BCUT2D eigenvalue weighted by atomic mass is 10.2. The molecule has 0 amide bonds. The molecule has 2 rings (SSSR count). The van der Waals surface area contributed by atoms with E-state index in [0.29, 0.717) is 5.15 Å². The highest BCUT2D eigenvalue weighted by atomic mass is 35.5. The van der Waals surface area contributed by atoms with Crippen molar-refractivity contribution in [3.8, 4) is 0 Å². The second kappa shape index (κ2) is 3.54. The third-order valence-corrected chi connectivity index (χ3v) is 2.66. The highest BCUT2D eigenvalue weighted by Crippen LogP contribution is 2.30. The van der Waals surface area contributed by atoms with Crippen LogP contribution >= 0.6 is 11.6 Å². The molecule has 1 saturated carbocycles. The van der Waals surface area contributed by atoms with Crippen LogP contribution in [-0.2, 0) is 0 Å². The van der Waals surface area contributed by atoms with Crippen molar-refractivity contribution >= 4 is 17.3 Å². The molecule has 0 unspecified atom stereocenters. The summed E-state index contributed by atoms with van der Waals surface area (Å²) >= 11 is 5.96. The molecule has 70 valence electrons. The van der Waals surface area contributed by atoms with Crippen LogP contribution in [0.15, 0.2) is 12.3 Å². The summed E-state index contributed by atoms with van der Waals surface area (Å²) < 4.78 is 0. The smallest absolute Gasteiger partial charge is 0.152 e. The average Bonchev–Trinajstić information content (AvgIpc) is 2.87. The quantitative estimate of drug-likeness (QED) is 0.753. The minimum Gasteiger partial charge on any atom is -0.382 e. The van der Waals surface area contributed by atoms with E-state index in [2.05, 4.69) is 10.3 Å². The maximum atomic E-state index is 5.96. The number of rotatable bonds is 3. The van der Waals surface area contributed by atoms with Gasteiger partial charge < -0.3 is 5.32 Å². The summed E-state index contributed by atoms with van der Waals surface area (Å²) in [5, 5.41) is 3.93. The molecule has 1 fully saturated rings. The number of halogens is 1. The summed E-state index contributed by atoms with van der Waals surface area (Å²) in [6, 6.07) is 1.97. The van der Waals surface area contributed by atoms with Crippen molar-refractivity contribution in [2.24, 2.45) is 5.92 Å². The molecule has 13 heavy (non-hydrogen) atoms. The molecule has 1 aromatic rings. The summed E-state index contributed by atoms with van der Waals surface area (Å²) in [4.78, 5) is 4.04. The molecule has 0 aromatic carbocycles. The Labute approximate surface area is 83.3 Å². The first-order valence-corrected chi connectivity index (χ1v) is 5.00. The third-order valence-electron chi connectivity index (χ3n) is 2.38. The molecule has 0 aliphatic heterocycles. The van der Waals surface area contributed by atoms with E-state index in [1.54, 1.807) is 6.20 Å². The molecule has 2 nitrogen and oxygen atoms in total. The zero-order valence-electron chi connectivity index (χ0n) is 7.68. The SMILES string of the molecule is Cc1ccnc(Cl)c1NCC1CC1. The van der Waals surface area contributed by atoms with Gasteiger partial charge in [-0.2, -0.15) is 0 Å². The number of pyridine rings is 1. The summed E-state index contributed by atoms with van der Waals surface area (Å²) in [6.45, 7) is 3.08. The molecule has 0 saturated heterocycles. The maximum absolute atomic E-state index is 5.96. The van der Waals surface area contributed by atoms with Crippen molar-refractivity contribution in [1.29, 1.82) is 0 Å². The fourth-order valence-electron chi connectivity index (χ4n) is 1.31. The predicted molar refractivity (Wildman–Crippen MR) is 55.2 cm³/mol. The molecule has 1 heterocycles. The Morgan fingerprint density at radius 2 is 2.38 bits per heavy atom. The zero-order chi connectivity index (χ0) is 9.26. The molecular formula is C10H13ClN2. The van der Waals surface area contributed by atoms with Crippen LogP contribution in [0.4, 0.5) is 5.69 Å². The Balaban J connectivity index is 2.07. The first kappa shape index (κ1) is 8.82. The van der Waals surface area contributed by atoms with Crippen molar-refractivity contribution in [1.82, 2.24) is 4.98 Å². The topological polar surface area (TPSA) is 24.9 Å². The molecule has 0 spiro atoms. The van der Waals surface area contributed by atoms with E-state index in [4.69, 9.17) is 11.6 Å². The van der Waals surface area contributed by atoms with Gasteiger partial charge in [0.05, 0.1) is 5.69 Å². The highest BCUT2D eigenvalue weighted by molar-refractivity contribution is 6.32. The molecule has 1 aliphatic rings. The largest absolute Gasteiger partial charge is 0.382 e. The van der Waals surface area contributed by atoms with Gasteiger partial charge in [-0.3, -0.25) is 0 Å². The number of nitrogens with zero attached hydrogens (tertiary/aromatic N) is 1. The Hall–Kier alpha value is -0.760. The van der Waals surface area contributed by atoms with Crippen molar-refractivity contribution in [2.75, 3.05) is 11.9 Å². The number of hydrogen-bond acceptors (Lipinski definition) is 2. The van der Waals surface area contributed by atoms with Crippen LogP contribution in [0.5, 0.6) is 0 Å². The van der Waals surface area contributed by atoms with Gasteiger partial charge in [-0.05, 0) is 37.3 Å². The highest BCUT2D eigenvalue weighted by Gasteiger charge is 2.21. The lowest BCUT2D eigenvalue weighted by molar-refractivity contribution is 0.887. The summed E-state index contributed by atoms with van der Waals surface area (Å²) in [5.74, 6) is 0.857. The van der Waals surface area contributed by atoms with E-state index in [1.807, 2.05) is 13.0 Å².